The molecule has 3 unspecified atom stereocenters. The SMILES string of the molecule is CC1CC(N(C(=O)OC(C)(C)C)S(=O)C2(CC(O)CO)CC2)=C(Nc2ccc(I)cc2F)N(C)C1=O. The maximum Gasteiger partial charge on any atom is 0.426 e. The summed E-state index contributed by atoms with van der Waals surface area (Å²) in [5, 5.41) is 22.4. The van der Waals surface area contributed by atoms with Gasteiger partial charge in [0.25, 0.3) is 0 Å². The minimum atomic E-state index is -2.01. The van der Waals surface area contributed by atoms with Gasteiger partial charge in [-0.15, -0.1) is 0 Å². The van der Waals surface area contributed by atoms with Gasteiger partial charge in [-0.2, -0.15) is 4.31 Å². The van der Waals surface area contributed by atoms with E-state index >= 15 is 0 Å². The summed E-state index contributed by atoms with van der Waals surface area (Å²) in [6.07, 6.45) is -0.941. The molecule has 1 saturated carbocycles. The van der Waals surface area contributed by atoms with Gasteiger partial charge in [0.05, 0.1) is 28.8 Å². The molecule has 0 saturated heterocycles. The number of amides is 2. The van der Waals surface area contributed by atoms with E-state index in [2.05, 4.69) is 5.32 Å². The van der Waals surface area contributed by atoms with E-state index in [1.54, 1.807) is 33.8 Å². The van der Waals surface area contributed by atoms with Crippen LogP contribution in [0.5, 0.6) is 0 Å². The van der Waals surface area contributed by atoms with E-state index < -0.39 is 51.9 Å². The minimum absolute atomic E-state index is 0.0293. The third kappa shape index (κ3) is 6.37. The molecule has 2 amide bonds. The molecule has 0 spiro atoms. The van der Waals surface area contributed by atoms with Gasteiger partial charge in [-0.05, 0) is 80.8 Å². The Morgan fingerprint density at radius 2 is 2.06 bits per heavy atom. The van der Waals surface area contributed by atoms with Crippen LogP contribution in [-0.4, -0.2) is 65.7 Å². The van der Waals surface area contributed by atoms with E-state index in [0.29, 0.717) is 16.4 Å². The van der Waals surface area contributed by atoms with Crippen LogP contribution < -0.4 is 5.32 Å². The first-order chi connectivity index (χ1) is 16.7. The fourth-order valence-electron chi connectivity index (χ4n) is 4.02. The summed E-state index contributed by atoms with van der Waals surface area (Å²) in [7, 11) is -0.510. The van der Waals surface area contributed by atoms with Crippen molar-refractivity contribution in [2.45, 2.75) is 69.8 Å². The van der Waals surface area contributed by atoms with Gasteiger partial charge in [0.15, 0.2) is 0 Å². The van der Waals surface area contributed by atoms with Crippen LogP contribution in [0.25, 0.3) is 0 Å². The highest BCUT2D eigenvalue weighted by atomic mass is 127. The number of rotatable bonds is 8. The van der Waals surface area contributed by atoms with Crippen LogP contribution in [0.3, 0.4) is 0 Å². The van der Waals surface area contributed by atoms with Crippen molar-refractivity contribution in [2.75, 3.05) is 19.0 Å². The monoisotopic (exact) mass is 637 g/mol. The van der Waals surface area contributed by atoms with Crippen molar-refractivity contribution in [2.24, 2.45) is 5.92 Å². The molecule has 0 radical (unpaired) electrons. The number of halogens is 2. The normalized spacial score (nSPS) is 21.2. The van der Waals surface area contributed by atoms with Gasteiger partial charge >= 0.3 is 6.09 Å². The van der Waals surface area contributed by atoms with Gasteiger partial charge in [0, 0.05) is 23.0 Å². The number of benzene rings is 1. The summed E-state index contributed by atoms with van der Waals surface area (Å²) in [4.78, 5) is 27.7. The lowest BCUT2D eigenvalue weighted by Gasteiger charge is -2.38. The fraction of sp³-hybridized carbons (Fsp3) is 0.583. The Morgan fingerprint density at radius 3 is 2.58 bits per heavy atom. The number of aliphatic hydroxyl groups excluding tert-OH is 2. The van der Waals surface area contributed by atoms with Crippen molar-refractivity contribution in [1.29, 1.82) is 0 Å². The first-order valence-corrected chi connectivity index (χ1v) is 13.8. The molecule has 1 aromatic rings. The van der Waals surface area contributed by atoms with Crippen LogP contribution in [0.1, 0.15) is 53.4 Å². The third-order valence-corrected chi connectivity index (χ3v) is 8.70. The van der Waals surface area contributed by atoms with E-state index in [1.165, 1.54) is 24.1 Å². The Balaban J connectivity index is 2.15. The quantitative estimate of drug-likeness (QED) is 0.372. The Kier molecular flexibility index (Phi) is 8.73. The first-order valence-electron chi connectivity index (χ1n) is 11.7. The van der Waals surface area contributed by atoms with Crippen LogP contribution >= 0.6 is 22.6 Å². The molecule has 1 aliphatic carbocycles. The number of carbonyl (C=O) groups excluding carboxylic acids is 2. The summed E-state index contributed by atoms with van der Waals surface area (Å²) >= 11 is 1.98. The lowest BCUT2D eigenvalue weighted by molar-refractivity contribution is -0.132. The van der Waals surface area contributed by atoms with Crippen molar-refractivity contribution in [3.63, 3.8) is 0 Å². The molecule has 9 nitrogen and oxygen atoms in total. The Bertz CT molecular complexity index is 1090. The molecular weight excluding hydrogens is 604 g/mol. The van der Waals surface area contributed by atoms with Gasteiger partial charge in [0.2, 0.25) is 5.91 Å². The number of anilines is 1. The van der Waals surface area contributed by atoms with Gasteiger partial charge in [-0.1, -0.05) is 6.92 Å². The molecule has 36 heavy (non-hydrogen) atoms. The standard InChI is InChI=1S/C24H33FIN3O6S/c1-14-10-19(20(28(5)21(14)32)27-18-7-6-15(26)11-17(18)25)29(22(33)35-23(2,3)4)36(34)24(8-9-24)12-16(31)13-30/h6-7,11,14,16,27,30-31H,8-10,12-13H2,1-5H3. The molecule has 1 aromatic carbocycles. The second-order valence-corrected chi connectivity index (χ2v) is 13.3. The molecule has 2 aliphatic rings. The maximum atomic E-state index is 14.7. The fourth-order valence-corrected chi connectivity index (χ4v) is 6.18. The molecule has 1 aliphatic heterocycles. The van der Waals surface area contributed by atoms with Crippen molar-refractivity contribution in [3.8, 4) is 0 Å². The molecule has 3 atom stereocenters. The molecule has 12 heteroatoms. The Labute approximate surface area is 226 Å². The van der Waals surface area contributed by atoms with E-state index in [4.69, 9.17) is 4.74 Å². The highest BCUT2D eigenvalue weighted by Gasteiger charge is 2.55. The number of nitrogens with one attached hydrogen (secondary N) is 1. The van der Waals surface area contributed by atoms with Crippen LogP contribution in [0, 0.1) is 15.3 Å². The largest absolute Gasteiger partial charge is 0.443 e. The molecule has 3 N–H and O–H groups in total. The van der Waals surface area contributed by atoms with Crippen molar-refractivity contribution < 1.29 is 33.1 Å². The summed E-state index contributed by atoms with van der Waals surface area (Å²) in [5.41, 5.74) is -0.594. The lowest BCUT2D eigenvalue weighted by Crippen LogP contribution is -2.48. The molecule has 3 rings (SSSR count). The average Bonchev–Trinajstić information content (AvgIpc) is 3.55. The van der Waals surface area contributed by atoms with Gasteiger partial charge in [-0.3, -0.25) is 9.69 Å². The second kappa shape index (κ2) is 10.9. The Morgan fingerprint density at radius 1 is 1.42 bits per heavy atom. The summed E-state index contributed by atoms with van der Waals surface area (Å²) in [6, 6.07) is 4.54. The predicted octanol–water partition coefficient (Wildman–Crippen LogP) is 3.69. The van der Waals surface area contributed by atoms with E-state index in [0.717, 1.165) is 4.31 Å². The first kappa shape index (κ1) is 28.8. The van der Waals surface area contributed by atoms with Crippen LogP contribution in [0.4, 0.5) is 14.9 Å². The molecular formula is C24H33FIN3O6S. The number of allylic oxidation sites excluding steroid dienone is 1. The summed E-state index contributed by atoms with van der Waals surface area (Å²) in [6.45, 7) is 6.24. The number of hydrogen-bond donors (Lipinski definition) is 3. The minimum Gasteiger partial charge on any atom is -0.443 e. The van der Waals surface area contributed by atoms with Crippen LogP contribution in [0.15, 0.2) is 29.7 Å². The van der Waals surface area contributed by atoms with E-state index in [9.17, 15) is 28.4 Å². The van der Waals surface area contributed by atoms with Crippen LogP contribution in [-0.2, 0) is 20.5 Å². The number of hydrogen-bond acceptors (Lipinski definition) is 7. The zero-order valence-electron chi connectivity index (χ0n) is 21.0. The van der Waals surface area contributed by atoms with Gasteiger partial charge in [0.1, 0.15) is 28.2 Å². The van der Waals surface area contributed by atoms with Crippen molar-refractivity contribution in [3.05, 3.63) is 39.1 Å². The number of aliphatic hydroxyl groups is 2. The highest BCUT2D eigenvalue weighted by Crippen LogP contribution is 2.48. The van der Waals surface area contributed by atoms with Crippen molar-refractivity contribution in [1.82, 2.24) is 9.21 Å². The maximum absolute atomic E-state index is 14.7. The van der Waals surface area contributed by atoms with Gasteiger partial charge in [-0.25, -0.2) is 13.4 Å². The smallest absolute Gasteiger partial charge is 0.426 e. The molecule has 0 aromatic heterocycles. The third-order valence-electron chi connectivity index (χ3n) is 6.01. The topological polar surface area (TPSA) is 119 Å². The Hall–Kier alpha value is -1.77. The zero-order chi connectivity index (χ0) is 27.0. The molecule has 1 heterocycles. The van der Waals surface area contributed by atoms with Gasteiger partial charge < -0.3 is 20.3 Å². The molecule has 200 valence electrons. The predicted molar refractivity (Wildman–Crippen MR) is 142 cm³/mol. The van der Waals surface area contributed by atoms with Crippen LogP contribution in [0.2, 0.25) is 0 Å². The number of nitrogens with zero attached hydrogens (tertiary/aromatic N) is 2. The zero-order valence-corrected chi connectivity index (χ0v) is 24.0. The van der Waals surface area contributed by atoms with Crippen molar-refractivity contribution >= 4 is 51.3 Å². The summed E-state index contributed by atoms with van der Waals surface area (Å²) in [5.74, 6) is -1.23. The molecule has 1 fully saturated rings. The second-order valence-electron chi connectivity index (χ2n) is 10.3. The van der Waals surface area contributed by atoms with E-state index in [-0.39, 0.29) is 36.0 Å². The highest BCUT2D eigenvalue weighted by molar-refractivity contribution is 14.1. The average molecular weight is 638 g/mol. The molecule has 0 bridgehead atoms. The number of carbonyl (C=O) groups is 2. The van der Waals surface area contributed by atoms with E-state index in [1.807, 2.05) is 22.6 Å². The lowest BCUT2D eigenvalue weighted by atomic mass is 9.99. The number of ether oxygens (including phenoxy) is 1. The summed E-state index contributed by atoms with van der Waals surface area (Å²) < 4.78 is 35.1.